The smallest absolute Gasteiger partial charge is 0.293 e. The molecule has 5 fully saturated rings. The van der Waals surface area contributed by atoms with Crippen LogP contribution in [0.15, 0.2) is 53.5 Å². The standard InChI is InChI=1S/C46H53ClN10O7/c1-26(2)57-34-8-7-29(17-28(34)18-37(43(57)61)63-23-39(59)48-3)50-41-33(47)21-49-45(52-41)53-14-11-31(12-15-53)64-32-19-30(20-32)54-24-46(25-54)13-16-56(46)35-6-4-5-27-22-55(44(62)40(27)35)36-9-10-38(58)51-42(36)60/h4-8,17-18,21,26,30-32,36H,9-16,19-20,22-25H2,1-3H3,(H,48,59)(H,49,50,52)(H,51,58,60)/t30?,32?,36-/m1/s1. The molecule has 6 aliphatic rings. The van der Waals surface area contributed by atoms with Gasteiger partial charge in [-0.2, -0.15) is 4.98 Å². The fraction of sp³-hybridized carbons (Fsp3) is 0.500. The summed E-state index contributed by atoms with van der Waals surface area (Å²) in [5, 5.41) is 9.38. The van der Waals surface area contributed by atoms with E-state index in [0.717, 1.165) is 87.0 Å². The molecular formula is C46H53ClN10O7. The Morgan fingerprint density at radius 3 is 2.53 bits per heavy atom. The van der Waals surface area contributed by atoms with Crippen LogP contribution in [-0.4, -0.2) is 124 Å². The maximum atomic E-state index is 13.8. The Balaban J connectivity index is 0.709. The topological polar surface area (TPSA) is 184 Å². The number of carbonyl (C=O) groups is 4. The quantitative estimate of drug-likeness (QED) is 0.173. The normalized spacial score (nSPS) is 23.2. The molecule has 1 saturated carbocycles. The summed E-state index contributed by atoms with van der Waals surface area (Å²) >= 11 is 6.61. The van der Waals surface area contributed by atoms with E-state index < -0.39 is 6.04 Å². The van der Waals surface area contributed by atoms with Gasteiger partial charge >= 0.3 is 0 Å². The molecule has 4 aromatic rings. The van der Waals surface area contributed by atoms with Crippen molar-refractivity contribution in [2.75, 3.05) is 61.5 Å². The number of hydrogen-bond acceptors (Lipinski definition) is 13. The Bertz CT molecular complexity index is 2600. The number of nitrogens with one attached hydrogen (secondary N) is 3. The number of nitrogens with zero attached hydrogens (tertiary/aromatic N) is 7. The minimum absolute atomic E-state index is 0.0270. The first-order valence-corrected chi connectivity index (χ1v) is 22.8. The first kappa shape index (κ1) is 42.2. The first-order chi connectivity index (χ1) is 30.9. The van der Waals surface area contributed by atoms with E-state index in [1.807, 2.05) is 50.2 Å². The van der Waals surface area contributed by atoms with Crippen LogP contribution in [0.2, 0.25) is 5.02 Å². The van der Waals surface area contributed by atoms with Crippen molar-refractivity contribution < 1.29 is 28.7 Å². The summed E-state index contributed by atoms with van der Waals surface area (Å²) < 4.78 is 13.9. The number of benzene rings is 2. The molecule has 7 heterocycles. The average molecular weight is 893 g/mol. The van der Waals surface area contributed by atoms with Gasteiger partial charge in [-0.3, -0.25) is 34.2 Å². The van der Waals surface area contributed by atoms with Crippen LogP contribution in [0.1, 0.15) is 80.8 Å². The predicted octanol–water partition coefficient (Wildman–Crippen LogP) is 4.14. The molecule has 0 radical (unpaired) electrons. The van der Waals surface area contributed by atoms with Gasteiger partial charge in [0.25, 0.3) is 17.4 Å². The molecule has 4 amide bonds. The van der Waals surface area contributed by atoms with Gasteiger partial charge < -0.3 is 39.4 Å². The second kappa shape index (κ2) is 16.7. The SMILES string of the molecule is CNC(=O)COc1cc2cc(Nc3nc(N4CCC(OC5CC(N6CC7(CCN7c7cccc8c7C(=O)N([C@@H]7CCC(=O)NC7=O)C8)C6)C5)CC4)ncc3Cl)ccc2n(C(C)C)c1=O. The van der Waals surface area contributed by atoms with Crippen LogP contribution in [0, 0.1) is 0 Å². The Morgan fingerprint density at radius 2 is 1.81 bits per heavy atom. The van der Waals surface area contributed by atoms with Crippen LogP contribution < -0.4 is 36.0 Å². The van der Waals surface area contributed by atoms with Crippen molar-refractivity contribution in [3.05, 3.63) is 75.2 Å². The number of ether oxygens (including phenoxy) is 2. The van der Waals surface area contributed by atoms with Crippen molar-refractivity contribution >= 4 is 69.3 Å². The van der Waals surface area contributed by atoms with Crippen LogP contribution in [0.25, 0.3) is 10.9 Å². The number of carbonyl (C=O) groups excluding carboxylic acids is 4. The fourth-order valence-corrected chi connectivity index (χ4v) is 10.5. The first-order valence-electron chi connectivity index (χ1n) is 22.4. The molecule has 2 aromatic carbocycles. The van der Waals surface area contributed by atoms with Crippen molar-refractivity contribution in [1.82, 2.24) is 35.0 Å². The average Bonchev–Trinajstić information content (AvgIpc) is 3.58. The van der Waals surface area contributed by atoms with Crippen LogP contribution in [0.4, 0.5) is 23.1 Å². The van der Waals surface area contributed by atoms with Crippen LogP contribution >= 0.6 is 11.6 Å². The van der Waals surface area contributed by atoms with Crippen LogP contribution in [0.3, 0.4) is 0 Å². The summed E-state index contributed by atoms with van der Waals surface area (Å²) in [6, 6.07) is 13.1. The molecule has 0 unspecified atom stereocenters. The lowest BCUT2D eigenvalue weighted by Gasteiger charge is -2.66. The number of amides is 4. The van der Waals surface area contributed by atoms with Gasteiger partial charge in [-0.25, -0.2) is 4.98 Å². The summed E-state index contributed by atoms with van der Waals surface area (Å²) in [4.78, 5) is 81.5. The van der Waals surface area contributed by atoms with Gasteiger partial charge in [-0.15, -0.1) is 0 Å². The zero-order chi connectivity index (χ0) is 44.4. The van der Waals surface area contributed by atoms with Gasteiger partial charge in [0.05, 0.1) is 40.7 Å². The highest BCUT2D eigenvalue weighted by molar-refractivity contribution is 6.33. The van der Waals surface area contributed by atoms with E-state index in [4.69, 9.17) is 26.1 Å². The summed E-state index contributed by atoms with van der Waals surface area (Å²) in [5.41, 5.74) is 3.79. The molecule has 0 bridgehead atoms. The van der Waals surface area contributed by atoms with Crippen molar-refractivity contribution in [2.45, 2.75) is 101 Å². The lowest BCUT2D eigenvalue weighted by molar-refractivity contribution is -0.137. The number of piperidine rings is 2. The minimum Gasteiger partial charge on any atom is -0.478 e. The van der Waals surface area contributed by atoms with Gasteiger partial charge in [0.2, 0.25) is 17.8 Å². The molecule has 1 spiro atoms. The number of rotatable bonds is 12. The number of aromatic nitrogens is 3. The van der Waals surface area contributed by atoms with E-state index in [1.165, 1.54) is 7.05 Å². The second-order valence-electron chi connectivity index (χ2n) is 18.3. The second-order valence-corrected chi connectivity index (χ2v) is 18.7. The van der Waals surface area contributed by atoms with Crippen molar-refractivity contribution in [1.29, 1.82) is 0 Å². The number of fused-ring (bicyclic) bond motifs is 2. The molecule has 3 N–H and O–H groups in total. The van der Waals surface area contributed by atoms with Crippen molar-refractivity contribution in [3.63, 3.8) is 0 Å². The zero-order valence-electron chi connectivity index (χ0n) is 36.3. The third-order valence-corrected chi connectivity index (χ3v) is 14.3. The minimum atomic E-state index is -0.620. The molecular weight excluding hydrogens is 840 g/mol. The molecule has 1 aliphatic carbocycles. The van der Waals surface area contributed by atoms with Gasteiger partial charge in [0, 0.05) is 75.9 Å². The molecule has 10 rings (SSSR count). The lowest BCUT2D eigenvalue weighted by atomic mass is 9.73. The maximum absolute atomic E-state index is 13.8. The highest BCUT2D eigenvalue weighted by atomic mass is 35.5. The largest absolute Gasteiger partial charge is 0.478 e. The van der Waals surface area contributed by atoms with Crippen LogP contribution in [0.5, 0.6) is 5.75 Å². The highest BCUT2D eigenvalue weighted by Crippen LogP contribution is 2.48. The van der Waals surface area contributed by atoms with E-state index in [0.29, 0.717) is 47.0 Å². The van der Waals surface area contributed by atoms with Gasteiger partial charge in [-0.1, -0.05) is 23.7 Å². The number of imide groups is 1. The predicted molar refractivity (Wildman–Crippen MR) is 240 cm³/mol. The molecule has 5 aliphatic heterocycles. The third kappa shape index (κ3) is 7.60. The van der Waals surface area contributed by atoms with Gasteiger partial charge in [0.1, 0.15) is 11.1 Å². The zero-order valence-corrected chi connectivity index (χ0v) is 37.0. The number of hydrogen-bond donors (Lipinski definition) is 3. The van der Waals surface area contributed by atoms with E-state index >= 15 is 0 Å². The van der Waals surface area contributed by atoms with E-state index in [1.54, 1.807) is 21.7 Å². The van der Waals surface area contributed by atoms with Crippen molar-refractivity contribution in [3.8, 4) is 5.75 Å². The number of likely N-dealkylation sites (N-methyl/N-ethyl adjacent to an activating group) is 1. The molecule has 1 atom stereocenters. The molecule has 64 heavy (non-hydrogen) atoms. The van der Waals surface area contributed by atoms with Gasteiger partial charge in [0.15, 0.2) is 18.2 Å². The van der Waals surface area contributed by atoms with Crippen LogP contribution in [-0.2, 0) is 25.7 Å². The fourth-order valence-electron chi connectivity index (χ4n) is 10.4. The Morgan fingerprint density at radius 1 is 1.02 bits per heavy atom. The molecule has 17 nitrogen and oxygen atoms in total. The molecule has 2 aromatic heterocycles. The highest BCUT2D eigenvalue weighted by Gasteiger charge is 2.57. The number of pyridine rings is 1. The monoisotopic (exact) mass is 892 g/mol. The molecule has 336 valence electrons. The summed E-state index contributed by atoms with van der Waals surface area (Å²) in [5.74, 6) is 0.0269. The molecule has 18 heteroatoms. The number of halogens is 1. The van der Waals surface area contributed by atoms with E-state index in [-0.39, 0.29) is 71.8 Å². The lowest BCUT2D eigenvalue weighted by Crippen LogP contribution is -2.79. The van der Waals surface area contributed by atoms with Crippen molar-refractivity contribution in [2.24, 2.45) is 0 Å². The summed E-state index contributed by atoms with van der Waals surface area (Å²) in [6.45, 7) is 8.31. The number of anilines is 4. The number of likely N-dealkylation sites (tertiary alicyclic amines) is 1. The van der Waals surface area contributed by atoms with Gasteiger partial charge in [-0.05, 0) is 88.3 Å². The van der Waals surface area contributed by atoms with E-state index in [2.05, 4.69) is 35.6 Å². The third-order valence-electron chi connectivity index (χ3n) is 14.0. The summed E-state index contributed by atoms with van der Waals surface area (Å²) in [6.07, 6.45) is 7.46. The Labute approximate surface area is 375 Å². The van der Waals surface area contributed by atoms with E-state index in [9.17, 15) is 24.0 Å². The Hall–Kier alpha value is -5.78. The molecule has 4 saturated heterocycles. The maximum Gasteiger partial charge on any atom is 0.293 e. The Kier molecular flexibility index (Phi) is 11.0. The summed E-state index contributed by atoms with van der Waals surface area (Å²) in [7, 11) is 1.52.